The molecule has 0 aromatic carbocycles. The molecule has 1 N–H and O–H groups in total. The van der Waals surface area contributed by atoms with Crippen molar-refractivity contribution in [1.82, 2.24) is 14.7 Å². The molecule has 3 nitrogen and oxygen atoms in total. The fourth-order valence-electron chi connectivity index (χ4n) is 2.09. The van der Waals surface area contributed by atoms with Gasteiger partial charge in [-0.15, -0.1) is 11.3 Å². The van der Waals surface area contributed by atoms with Crippen LogP contribution in [0.25, 0.3) is 4.96 Å². The third-order valence-corrected chi connectivity index (χ3v) is 4.79. The van der Waals surface area contributed by atoms with E-state index in [2.05, 4.69) is 47.9 Å². The quantitative estimate of drug-likeness (QED) is 0.882. The van der Waals surface area contributed by atoms with E-state index in [0.29, 0.717) is 6.04 Å². The molecule has 0 aliphatic rings. The van der Waals surface area contributed by atoms with Gasteiger partial charge in [0.05, 0.1) is 11.4 Å². The zero-order valence-corrected chi connectivity index (χ0v) is 13.1. The van der Waals surface area contributed by atoms with Gasteiger partial charge < -0.3 is 5.32 Å². The SMILES string of the molecule is CCC(CSC)NCc1c(C)nc2sc(C)cn12. The summed E-state index contributed by atoms with van der Waals surface area (Å²) in [5.41, 5.74) is 2.45. The van der Waals surface area contributed by atoms with Crippen molar-refractivity contribution in [2.45, 2.75) is 39.8 Å². The summed E-state index contributed by atoms with van der Waals surface area (Å²) >= 11 is 3.66. The highest BCUT2D eigenvalue weighted by Crippen LogP contribution is 2.20. The number of thioether (sulfide) groups is 1. The smallest absolute Gasteiger partial charge is 0.194 e. The topological polar surface area (TPSA) is 29.3 Å². The summed E-state index contributed by atoms with van der Waals surface area (Å²) in [6.45, 7) is 7.37. The average molecular weight is 283 g/mol. The molecule has 0 aliphatic heterocycles. The molecule has 0 saturated heterocycles. The highest BCUT2D eigenvalue weighted by molar-refractivity contribution is 7.98. The first-order valence-corrected chi connectivity index (χ1v) is 8.53. The summed E-state index contributed by atoms with van der Waals surface area (Å²) < 4.78 is 2.23. The molecule has 100 valence electrons. The lowest BCUT2D eigenvalue weighted by Crippen LogP contribution is -2.30. The first-order valence-electron chi connectivity index (χ1n) is 6.32. The van der Waals surface area contributed by atoms with Crippen LogP contribution in [0.5, 0.6) is 0 Å². The number of rotatable bonds is 6. The number of nitrogens with one attached hydrogen (secondary N) is 1. The Morgan fingerprint density at radius 1 is 1.50 bits per heavy atom. The summed E-state index contributed by atoms with van der Waals surface area (Å²) in [6, 6.07) is 0.588. The third kappa shape index (κ3) is 2.90. The van der Waals surface area contributed by atoms with Crippen LogP contribution < -0.4 is 5.32 Å². The highest BCUT2D eigenvalue weighted by Gasteiger charge is 2.12. The van der Waals surface area contributed by atoms with Crippen molar-refractivity contribution >= 4 is 28.1 Å². The van der Waals surface area contributed by atoms with Gasteiger partial charge in [0.15, 0.2) is 4.96 Å². The second kappa shape index (κ2) is 6.08. The predicted molar refractivity (Wildman–Crippen MR) is 81.8 cm³/mol. The highest BCUT2D eigenvalue weighted by atomic mass is 32.2. The Kier molecular flexibility index (Phi) is 4.70. The van der Waals surface area contributed by atoms with Crippen molar-refractivity contribution in [3.63, 3.8) is 0 Å². The Balaban J connectivity index is 2.12. The first kappa shape index (κ1) is 13.9. The maximum Gasteiger partial charge on any atom is 0.194 e. The Hall–Kier alpha value is -0.520. The molecular weight excluding hydrogens is 262 g/mol. The van der Waals surface area contributed by atoms with Crippen LogP contribution in [-0.2, 0) is 6.54 Å². The molecule has 2 aromatic heterocycles. The van der Waals surface area contributed by atoms with Crippen LogP contribution in [0.3, 0.4) is 0 Å². The lowest BCUT2D eigenvalue weighted by molar-refractivity contribution is 0.533. The van der Waals surface area contributed by atoms with Gasteiger partial charge in [0, 0.05) is 29.4 Å². The van der Waals surface area contributed by atoms with Crippen LogP contribution in [0.1, 0.15) is 29.6 Å². The second-order valence-electron chi connectivity index (χ2n) is 4.58. The van der Waals surface area contributed by atoms with Crippen LogP contribution in [-0.4, -0.2) is 27.4 Å². The van der Waals surface area contributed by atoms with Gasteiger partial charge in [0.2, 0.25) is 0 Å². The van der Waals surface area contributed by atoms with Gasteiger partial charge in [0.25, 0.3) is 0 Å². The molecule has 1 atom stereocenters. The molecule has 0 fully saturated rings. The van der Waals surface area contributed by atoms with Crippen molar-refractivity contribution in [2.24, 2.45) is 0 Å². The van der Waals surface area contributed by atoms with Gasteiger partial charge >= 0.3 is 0 Å². The molecule has 2 heterocycles. The zero-order chi connectivity index (χ0) is 13.1. The molecule has 18 heavy (non-hydrogen) atoms. The van der Waals surface area contributed by atoms with Gasteiger partial charge in [0.1, 0.15) is 0 Å². The molecule has 0 radical (unpaired) electrons. The molecule has 1 unspecified atom stereocenters. The lowest BCUT2D eigenvalue weighted by atomic mass is 10.2. The second-order valence-corrected chi connectivity index (χ2v) is 6.70. The van der Waals surface area contributed by atoms with E-state index in [1.165, 1.54) is 22.7 Å². The van der Waals surface area contributed by atoms with E-state index in [0.717, 1.165) is 17.2 Å². The normalized spacial score (nSPS) is 13.3. The summed E-state index contributed by atoms with van der Waals surface area (Å²) in [7, 11) is 0. The fraction of sp³-hybridized carbons (Fsp3) is 0.615. The van der Waals surface area contributed by atoms with Gasteiger partial charge in [-0.1, -0.05) is 6.92 Å². The van der Waals surface area contributed by atoms with Crippen LogP contribution >= 0.6 is 23.1 Å². The van der Waals surface area contributed by atoms with E-state index >= 15 is 0 Å². The van der Waals surface area contributed by atoms with Gasteiger partial charge in [-0.05, 0) is 26.5 Å². The van der Waals surface area contributed by atoms with E-state index in [1.807, 2.05) is 11.8 Å². The Bertz CT molecular complexity index is 516. The molecule has 5 heteroatoms. The number of aromatic nitrogens is 2. The predicted octanol–water partition coefficient (Wildman–Crippen LogP) is 3.24. The van der Waals surface area contributed by atoms with Crippen molar-refractivity contribution in [2.75, 3.05) is 12.0 Å². The first-order chi connectivity index (χ1) is 8.65. The zero-order valence-electron chi connectivity index (χ0n) is 11.5. The minimum Gasteiger partial charge on any atom is -0.308 e. The average Bonchev–Trinajstić information content (AvgIpc) is 2.80. The standard InChI is InChI=1S/C13H21N3S2/c1-5-11(8-17-4)14-6-12-10(3)15-13-16(12)7-9(2)18-13/h7,11,14H,5-6,8H2,1-4H3. The Morgan fingerprint density at radius 3 is 2.94 bits per heavy atom. The van der Waals surface area contributed by atoms with Crippen molar-refractivity contribution in [3.05, 3.63) is 22.5 Å². The molecule has 2 rings (SSSR count). The van der Waals surface area contributed by atoms with E-state index in [4.69, 9.17) is 0 Å². The summed E-state index contributed by atoms with van der Waals surface area (Å²) in [5.74, 6) is 1.17. The van der Waals surface area contributed by atoms with Gasteiger partial charge in [-0.2, -0.15) is 11.8 Å². The molecule has 0 bridgehead atoms. The van der Waals surface area contributed by atoms with E-state index < -0.39 is 0 Å². The molecule has 0 spiro atoms. The minimum atomic E-state index is 0.588. The van der Waals surface area contributed by atoms with E-state index in [-0.39, 0.29) is 0 Å². The molecule has 0 amide bonds. The van der Waals surface area contributed by atoms with Crippen LogP contribution in [0.15, 0.2) is 6.20 Å². The number of imidazole rings is 1. The van der Waals surface area contributed by atoms with Crippen LogP contribution in [0.2, 0.25) is 0 Å². The van der Waals surface area contributed by atoms with Gasteiger partial charge in [-0.3, -0.25) is 4.40 Å². The monoisotopic (exact) mass is 283 g/mol. The minimum absolute atomic E-state index is 0.588. The maximum atomic E-state index is 4.62. The summed E-state index contributed by atoms with van der Waals surface area (Å²) in [5, 5.41) is 3.64. The molecular formula is C13H21N3S2. The summed E-state index contributed by atoms with van der Waals surface area (Å²) in [4.78, 5) is 7.05. The molecule has 2 aromatic rings. The number of hydrogen-bond acceptors (Lipinski definition) is 4. The maximum absolute atomic E-state index is 4.62. The largest absolute Gasteiger partial charge is 0.308 e. The molecule has 0 aliphatic carbocycles. The molecule has 0 saturated carbocycles. The number of nitrogens with zero attached hydrogens (tertiary/aromatic N) is 2. The van der Waals surface area contributed by atoms with Crippen molar-refractivity contribution in [3.8, 4) is 0 Å². The number of aryl methyl sites for hydroxylation is 2. The Labute approximate surface area is 117 Å². The summed E-state index contributed by atoms with van der Waals surface area (Å²) in [6.07, 6.45) is 5.52. The fourth-order valence-corrected chi connectivity index (χ4v) is 3.73. The van der Waals surface area contributed by atoms with E-state index in [1.54, 1.807) is 11.3 Å². The Morgan fingerprint density at radius 2 is 2.28 bits per heavy atom. The third-order valence-electron chi connectivity index (χ3n) is 3.16. The van der Waals surface area contributed by atoms with Crippen LogP contribution in [0, 0.1) is 13.8 Å². The number of hydrogen-bond donors (Lipinski definition) is 1. The van der Waals surface area contributed by atoms with E-state index in [9.17, 15) is 0 Å². The van der Waals surface area contributed by atoms with Gasteiger partial charge in [-0.25, -0.2) is 4.98 Å². The lowest BCUT2D eigenvalue weighted by Gasteiger charge is -2.15. The number of thiazole rings is 1. The number of fused-ring (bicyclic) bond motifs is 1. The van der Waals surface area contributed by atoms with Crippen LogP contribution in [0.4, 0.5) is 0 Å². The van der Waals surface area contributed by atoms with Crippen molar-refractivity contribution < 1.29 is 0 Å². The van der Waals surface area contributed by atoms with Crippen molar-refractivity contribution in [1.29, 1.82) is 0 Å².